The van der Waals surface area contributed by atoms with Crippen LogP contribution in [0.15, 0.2) is 6.07 Å². The topological polar surface area (TPSA) is 70.2 Å². The molecule has 0 bridgehead atoms. The van der Waals surface area contributed by atoms with Gasteiger partial charge in [0, 0.05) is 31.4 Å². The Morgan fingerprint density at radius 2 is 2.25 bits per heavy atom. The maximum Gasteiger partial charge on any atom is 0.237 e. The summed E-state index contributed by atoms with van der Waals surface area (Å²) in [6.45, 7) is 9.03. The molecular weight excluding hydrogens is 254 g/mol. The number of rotatable bonds is 5. The van der Waals surface area contributed by atoms with Crippen LogP contribution in [0.25, 0.3) is 0 Å². The fourth-order valence-corrected chi connectivity index (χ4v) is 2.55. The summed E-state index contributed by atoms with van der Waals surface area (Å²) < 4.78 is 0. The highest BCUT2D eigenvalue weighted by Gasteiger charge is 2.28. The maximum absolute atomic E-state index is 11.9. The second-order valence-corrected chi connectivity index (χ2v) is 5.03. The van der Waals surface area contributed by atoms with Gasteiger partial charge in [0.05, 0.1) is 12.6 Å². The molecule has 1 aromatic rings. The van der Waals surface area contributed by atoms with Gasteiger partial charge in [0.1, 0.15) is 11.6 Å². The summed E-state index contributed by atoms with van der Waals surface area (Å²) in [5.74, 6) is 1.73. The van der Waals surface area contributed by atoms with Crippen LogP contribution in [0.5, 0.6) is 0 Å². The van der Waals surface area contributed by atoms with Gasteiger partial charge in [-0.15, -0.1) is 0 Å². The zero-order valence-electron chi connectivity index (χ0n) is 12.4. The van der Waals surface area contributed by atoms with E-state index in [1.165, 1.54) is 0 Å². The minimum absolute atomic E-state index is 0.0737. The monoisotopic (exact) mass is 277 g/mol. The molecule has 1 aliphatic heterocycles. The van der Waals surface area contributed by atoms with Crippen LogP contribution in [-0.4, -0.2) is 46.5 Å². The van der Waals surface area contributed by atoms with Gasteiger partial charge in [-0.3, -0.25) is 9.69 Å². The summed E-state index contributed by atoms with van der Waals surface area (Å²) in [6.07, 6.45) is 0.803. The summed E-state index contributed by atoms with van der Waals surface area (Å²) in [5, 5.41) is 6.12. The van der Waals surface area contributed by atoms with Gasteiger partial charge in [-0.2, -0.15) is 0 Å². The first kappa shape index (κ1) is 14.7. The fraction of sp³-hybridized carbons (Fsp3) is 0.643. The standard InChI is InChI=1S/C14H23N5O/c1-4-11-14(20)16-6-7-19(11)9-13-17-10(3)8-12(18-13)15-5-2/h8,11H,4-7,9H2,1-3H3,(H,16,20)(H,15,17,18). The summed E-state index contributed by atoms with van der Waals surface area (Å²) in [5.41, 5.74) is 0.945. The zero-order valence-corrected chi connectivity index (χ0v) is 12.4. The Hall–Kier alpha value is -1.69. The second-order valence-electron chi connectivity index (χ2n) is 5.03. The second kappa shape index (κ2) is 6.65. The number of aromatic nitrogens is 2. The van der Waals surface area contributed by atoms with Crippen LogP contribution in [0, 0.1) is 6.92 Å². The molecule has 0 radical (unpaired) electrons. The van der Waals surface area contributed by atoms with E-state index in [4.69, 9.17) is 0 Å². The first-order valence-electron chi connectivity index (χ1n) is 7.24. The molecule has 2 N–H and O–H groups in total. The van der Waals surface area contributed by atoms with E-state index in [0.717, 1.165) is 36.8 Å². The highest BCUT2D eigenvalue weighted by atomic mass is 16.2. The van der Waals surface area contributed by atoms with E-state index in [1.807, 2.05) is 26.8 Å². The Bertz CT molecular complexity index is 477. The average Bonchev–Trinajstić information content (AvgIpc) is 2.38. The molecule has 0 saturated carbocycles. The lowest BCUT2D eigenvalue weighted by Crippen LogP contribution is -2.54. The molecule has 20 heavy (non-hydrogen) atoms. The van der Waals surface area contributed by atoms with Crippen LogP contribution in [0.4, 0.5) is 5.82 Å². The molecule has 6 heteroatoms. The molecular formula is C14H23N5O. The summed E-state index contributed by atoms with van der Waals surface area (Å²) in [4.78, 5) is 23.0. The van der Waals surface area contributed by atoms with Crippen molar-refractivity contribution in [2.24, 2.45) is 0 Å². The number of amides is 1. The molecule has 2 heterocycles. The lowest BCUT2D eigenvalue weighted by molar-refractivity contribution is -0.129. The van der Waals surface area contributed by atoms with Crippen molar-refractivity contribution >= 4 is 11.7 Å². The number of carbonyl (C=O) groups is 1. The third-order valence-electron chi connectivity index (χ3n) is 3.43. The highest BCUT2D eigenvalue weighted by Crippen LogP contribution is 2.13. The van der Waals surface area contributed by atoms with E-state index in [1.54, 1.807) is 0 Å². The zero-order chi connectivity index (χ0) is 14.5. The SMILES string of the molecule is CCNc1cc(C)nc(CN2CCNC(=O)C2CC)n1. The number of hydrogen-bond acceptors (Lipinski definition) is 5. The van der Waals surface area contributed by atoms with Crippen LogP contribution in [0.1, 0.15) is 31.8 Å². The molecule has 1 atom stereocenters. The Kier molecular flexibility index (Phi) is 4.89. The Labute approximate surface area is 120 Å². The first-order chi connectivity index (χ1) is 9.63. The van der Waals surface area contributed by atoms with Crippen molar-refractivity contribution < 1.29 is 4.79 Å². The smallest absolute Gasteiger partial charge is 0.237 e. The van der Waals surface area contributed by atoms with Crippen molar-refractivity contribution in [1.82, 2.24) is 20.2 Å². The van der Waals surface area contributed by atoms with Gasteiger partial charge in [-0.25, -0.2) is 9.97 Å². The molecule has 1 aliphatic rings. The average molecular weight is 277 g/mol. The fourth-order valence-electron chi connectivity index (χ4n) is 2.55. The van der Waals surface area contributed by atoms with Crippen molar-refractivity contribution in [2.75, 3.05) is 25.0 Å². The summed E-state index contributed by atoms with van der Waals surface area (Å²) in [7, 11) is 0. The van der Waals surface area contributed by atoms with Crippen molar-refractivity contribution in [3.8, 4) is 0 Å². The summed E-state index contributed by atoms with van der Waals surface area (Å²) >= 11 is 0. The van der Waals surface area contributed by atoms with Crippen LogP contribution in [0.3, 0.4) is 0 Å². The molecule has 110 valence electrons. The number of carbonyl (C=O) groups excluding carboxylic acids is 1. The van der Waals surface area contributed by atoms with E-state index < -0.39 is 0 Å². The number of nitrogens with one attached hydrogen (secondary N) is 2. The van der Waals surface area contributed by atoms with Gasteiger partial charge in [-0.1, -0.05) is 6.92 Å². The van der Waals surface area contributed by atoms with Crippen LogP contribution in [-0.2, 0) is 11.3 Å². The summed E-state index contributed by atoms with van der Waals surface area (Å²) in [6, 6.07) is 1.86. The van der Waals surface area contributed by atoms with E-state index in [2.05, 4.69) is 25.5 Å². The van der Waals surface area contributed by atoms with Gasteiger partial charge in [0.25, 0.3) is 0 Å². The molecule has 0 aliphatic carbocycles. The number of hydrogen-bond donors (Lipinski definition) is 2. The predicted octanol–water partition coefficient (Wildman–Crippen LogP) is 0.927. The molecule has 6 nitrogen and oxygen atoms in total. The number of anilines is 1. The number of aryl methyl sites for hydroxylation is 1. The van der Waals surface area contributed by atoms with Crippen LogP contribution < -0.4 is 10.6 Å². The van der Waals surface area contributed by atoms with Gasteiger partial charge in [0.2, 0.25) is 5.91 Å². The number of piperazine rings is 1. The van der Waals surface area contributed by atoms with Gasteiger partial charge in [-0.05, 0) is 20.3 Å². The lowest BCUT2D eigenvalue weighted by Gasteiger charge is -2.33. The Morgan fingerprint density at radius 1 is 1.45 bits per heavy atom. The predicted molar refractivity (Wildman–Crippen MR) is 78.4 cm³/mol. The quantitative estimate of drug-likeness (QED) is 0.838. The molecule has 0 aromatic carbocycles. The van der Waals surface area contributed by atoms with Crippen molar-refractivity contribution in [1.29, 1.82) is 0 Å². The van der Waals surface area contributed by atoms with Gasteiger partial charge < -0.3 is 10.6 Å². The van der Waals surface area contributed by atoms with Crippen LogP contribution >= 0.6 is 0 Å². The largest absolute Gasteiger partial charge is 0.370 e. The Morgan fingerprint density at radius 3 is 2.95 bits per heavy atom. The third-order valence-corrected chi connectivity index (χ3v) is 3.43. The minimum Gasteiger partial charge on any atom is -0.370 e. The Balaban J connectivity index is 2.13. The highest BCUT2D eigenvalue weighted by molar-refractivity contribution is 5.82. The maximum atomic E-state index is 11.9. The minimum atomic E-state index is -0.0737. The van der Waals surface area contributed by atoms with E-state index >= 15 is 0 Å². The molecule has 1 fully saturated rings. The molecule has 1 aromatic heterocycles. The van der Waals surface area contributed by atoms with Crippen molar-refractivity contribution in [2.45, 2.75) is 39.8 Å². The number of nitrogens with zero attached hydrogens (tertiary/aromatic N) is 3. The normalized spacial score (nSPS) is 19.8. The van der Waals surface area contributed by atoms with E-state index in [9.17, 15) is 4.79 Å². The lowest BCUT2D eigenvalue weighted by atomic mass is 10.1. The van der Waals surface area contributed by atoms with Crippen LogP contribution in [0.2, 0.25) is 0 Å². The third kappa shape index (κ3) is 3.45. The molecule has 0 spiro atoms. The van der Waals surface area contributed by atoms with Gasteiger partial charge in [0.15, 0.2) is 0 Å². The molecule has 1 unspecified atom stereocenters. The van der Waals surface area contributed by atoms with Crippen molar-refractivity contribution in [3.63, 3.8) is 0 Å². The molecule has 2 rings (SSSR count). The van der Waals surface area contributed by atoms with E-state index in [0.29, 0.717) is 13.1 Å². The van der Waals surface area contributed by atoms with Gasteiger partial charge >= 0.3 is 0 Å². The van der Waals surface area contributed by atoms with Crippen molar-refractivity contribution in [3.05, 3.63) is 17.6 Å². The van der Waals surface area contributed by atoms with E-state index in [-0.39, 0.29) is 11.9 Å². The molecule has 1 saturated heterocycles. The first-order valence-corrected chi connectivity index (χ1v) is 7.24. The molecule has 1 amide bonds.